The summed E-state index contributed by atoms with van der Waals surface area (Å²) in [4.78, 5) is 43.5. The van der Waals surface area contributed by atoms with Crippen molar-refractivity contribution in [2.75, 3.05) is 11.9 Å². The minimum Gasteiger partial charge on any atom is -0.481 e. The average Bonchev–Trinajstić information content (AvgIpc) is 2.99. The highest BCUT2D eigenvalue weighted by Crippen LogP contribution is 2.55. The van der Waals surface area contributed by atoms with Crippen molar-refractivity contribution in [1.82, 2.24) is 4.90 Å². The predicted octanol–water partition coefficient (Wildman–Crippen LogP) is 9.51. The number of nitrogens with zero attached hydrogens (tertiary/aromatic N) is 1. The molecule has 0 bridgehead atoms. The van der Waals surface area contributed by atoms with Crippen molar-refractivity contribution in [3.8, 4) is 5.75 Å². The number of carbonyl (C=O) groups is 3. The maximum Gasteiger partial charge on any atom is 0.262 e. The highest BCUT2D eigenvalue weighted by molar-refractivity contribution is 6.37. The van der Waals surface area contributed by atoms with Crippen LogP contribution in [0.15, 0.2) is 83.2 Å². The quantitative estimate of drug-likeness (QED) is 0.268. The maximum atomic E-state index is 14.2. The van der Waals surface area contributed by atoms with E-state index in [1.54, 1.807) is 12.1 Å². The van der Waals surface area contributed by atoms with Gasteiger partial charge in [0.05, 0.1) is 10.0 Å². The smallest absolute Gasteiger partial charge is 0.262 e. The van der Waals surface area contributed by atoms with E-state index in [0.717, 1.165) is 28.1 Å². The van der Waals surface area contributed by atoms with Crippen LogP contribution in [0.5, 0.6) is 5.75 Å². The zero-order valence-electron chi connectivity index (χ0n) is 28.4. The van der Waals surface area contributed by atoms with Crippen molar-refractivity contribution < 1.29 is 19.1 Å². The van der Waals surface area contributed by atoms with Gasteiger partial charge in [0.15, 0.2) is 23.9 Å². The minimum absolute atomic E-state index is 0.0316. The molecule has 3 aromatic carbocycles. The molecule has 0 atom stereocenters. The van der Waals surface area contributed by atoms with E-state index in [2.05, 4.69) is 50.0 Å². The summed E-state index contributed by atoms with van der Waals surface area (Å²) < 4.78 is 5.87. The Kier molecular flexibility index (Phi) is 9.12. The number of amides is 1. The lowest BCUT2D eigenvalue weighted by molar-refractivity contribution is -0.120. The standard InChI is InChI=1S/C40H42Cl2N2O4/c1-23-11-10-14-29(24(23)2)43-34(47)22-48-38-27(41)15-26(16-28(38)42)35-36-30(17-39(3,4)19-32(36)45)44(21-25-12-8-7-9-13-25)31-18-40(5,6)20-33(46)37(31)35/h7-16,35H,17-22H2,1-6H3,(H,43,47). The lowest BCUT2D eigenvalue weighted by atomic mass is 9.63. The normalized spacial score (nSPS) is 18.9. The van der Waals surface area contributed by atoms with Crippen molar-refractivity contribution in [2.24, 2.45) is 10.8 Å². The highest BCUT2D eigenvalue weighted by atomic mass is 35.5. The second-order valence-corrected chi connectivity index (χ2v) is 15.8. The molecule has 3 aromatic rings. The topological polar surface area (TPSA) is 75.7 Å². The Morgan fingerprint density at radius 3 is 1.96 bits per heavy atom. The largest absolute Gasteiger partial charge is 0.481 e. The monoisotopic (exact) mass is 684 g/mol. The van der Waals surface area contributed by atoms with Gasteiger partial charge in [-0.05, 0) is 78.0 Å². The number of Topliss-reactive ketones (excluding diaryl/α,β-unsaturated/α-hetero) is 2. The Labute approximate surface area is 293 Å². The van der Waals surface area contributed by atoms with Gasteiger partial charge in [0.2, 0.25) is 0 Å². The number of anilines is 1. The van der Waals surface area contributed by atoms with Gasteiger partial charge < -0.3 is 15.0 Å². The molecule has 0 fully saturated rings. The van der Waals surface area contributed by atoms with E-state index in [1.165, 1.54) is 0 Å². The fraction of sp³-hybridized carbons (Fsp3) is 0.375. The van der Waals surface area contributed by atoms with Crippen molar-refractivity contribution in [1.29, 1.82) is 0 Å². The molecule has 6 nitrogen and oxygen atoms in total. The summed E-state index contributed by atoms with van der Waals surface area (Å²) >= 11 is 13.7. The summed E-state index contributed by atoms with van der Waals surface area (Å²) in [5.74, 6) is -0.712. The first-order chi connectivity index (χ1) is 22.6. The number of allylic oxidation sites excluding steroid dienone is 4. The van der Waals surface area contributed by atoms with Crippen LogP contribution >= 0.6 is 23.2 Å². The third kappa shape index (κ3) is 6.70. The molecule has 0 radical (unpaired) electrons. The van der Waals surface area contributed by atoms with Crippen LogP contribution < -0.4 is 10.1 Å². The molecule has 1 N–H and O–H groups in total. The molecule has 0 saturated carbocycles. The average molecular weight is 686 g/mol. The van der Waals surface area contributed by atoms with Gasteiger partial charge in [-0.25, -0.2) is 0 Å². The molecule has 0 saturated heterocycles. The van der Waals surface area contributed by atoms with Crippen molar-refractivity contribution >= 4 is 46.4 Å². The molecule has 1 heterocycles. The number of hydrogen-bond acceptors (Lipinski definition) is 5. The van der Waals surface area contributed by atoms with Gasteiger partial charge in [-0.1, -0.05) is 93.4 Å². The van der Waals surface area contributed by atoms with E-state index < -0.39 is 5.92 Å². The molecule has 8 heteroatoms. The second kappa shape index (κ2) is 12.9. The minimum atomic E-state index is -0.606. The number of carbonyl (C=O) groups excluding carboxylic acids is 3. The van der Waals surface area contributed by atoms with Gasteiger partial charge in [-0.3, -0.25) is 14.4 Å². The van der Waals surface area contributed by atoms with E-state index in [4.69, 9.17) is 27.9 Å². The van der Waals surface area contributed by atoms with Gasteiger partial charge in [0.25, 0.3) is 5.91 Å². The first kappa shape index (κ1) is 34.0. The van der Waals surface area contributed by atoms with Crippen molar-refractivity contribution in [2.45, 2.75) is 79.7 Å². The number of aryl methyl sites for hydroxylation is 1. The van der Waals surface area contributed by atoms with Gasteiger partial charge in [-0.15, -0.1) is 0 Å². The van der Waals surface area contributed by atoms with Crippen LogP contribution in [0.1, 0.15) is 81.5 Å². The number of benzene rings is 3. The van der Waals surface area contributed by atoms with Crippen LogP contribution in [0.25, 0.3) is 0 Å². The third-order valence-electron chi connectivity index (χ3n) is 9.79. The third-order valence-corrected chi connectivity index (χ3v) is 10.3. The molecular formula is C40H42Cl2N2O4. The molecule has 0 spiro atoms. The fourth-order valence-electron chi connectivity index (χ4n) is 7.43. The van der Waals surface area contributed by atoms with Crippen LogP contribution in [0.4, 0.5) is 5.69 Å². The molecule has 0 unspecified atom stereocenters. The summed E-state index contributed by atoms with van der Waals surface area (Å²) in [5.41, 5.74) is 7.25. The van der Waals surface area contributed by atoms with Crippen molar-refractivity contribution in [3.63, 3.8) is 0 Å². The Bertz CT molecular complexity index is 1810. The Hall–Kier alpha value is -3.87. The first-order valence-electron chi connectivity index (χ1n) is 16.5. The van der Waals surface area contributed by atoms with Gasteiger partial charge >= 0.3 is 0 Å². The van der Waals surface area contributed by atoms with E-state index in [-0.39, 0.29) is 50.7 Å². The predicted molar refractivity (Wildman–Crippen MR) is 191 cm³/mol. The van der Waals surface area contributed by atoms with Crippen LogP contribution in [-0.2, 0) is 20.9 Å². The Morgan fingerprint density at radius 2 is 1.40 bits per heavy atom. The lowest BCUT2D eigenvalue weighted by Crippen LogP contribution is -2.44. The van der Waals surface area contributed by atoms with Crippen LogP contribution in [0.2, 0.25) is 10.0 Å². The number of nitrogens with one attached hydrogen (secondary N) is 1. The van der Waals surface area contributed by atoms with Gasteiger partial charge in [0.1, 0.15) is 0 Å². The summed E-state index contributed by atoms with van der Waals surface area (Å²) in [6.45, 7) is 12.7. The highest BCUT2D eigenvalue weighted by Gasteiger charge is 2.49. The van der Waals surface area contributed by atoms with Crippen LogP contribution in [0, 0.1) is 24.7 Å². The second-order valence-electron chi connectivity index (χ2n) is 15.0. The Morgan fingerprint density at radius 1 is 0.833 bits per heavy atom. The fourth-order valence-corrected chi connectivity index (χ4v) is 8.05. The summed E-state index contributed by atoms with van der Waals surface area (Å²) in [7, 11) is 0. The molecule has 1 amide bonds. The van der Waals surface area contributed by atoms with E-state index in [0.29, 0.717) is 54.6 Å². The zero-order valence-corrected chi connectivity index (χ0v) is 29.9. The lowest BCUT2D eigenvalue weighted by Gasteiger charge is -2.49. The molecule has 1 aliphatic heterocycles. The molecule has 250 valence electrons. The van der Waals surface area contributed by atoms with E-state index in [1.807, 2.05) is 50.2 Å². The molecule has 48 heavy (non-hydrogen) atoms. The number of halogens is 2. The number of ketones is 2. The molecule has 2 aliphatic carbocycles. The van der Waals surface area contributed by atoms with E-state index >= 15 is 0 Å². The number of ether oxygens (including phenoxy) is 1. The van der Waals surface area contributed by atoms with Gasteiger partial charge in [-0.2, -0.15) is 0 Å². The number of rotatable bonds is 7. The number of hydrogen-bond donors (Lipinski definition) is 1. The summed E-state index contributed by atoms with van der Waals surface area (Å²) in [6, 6.07) is 19.4. The summed E-state index contributed by atoms with van der Waals surface area (Å²) in [5, 5.41) is 3.31. The maximum absolute atomic E-state index is 14.2. The SMILES string of the molecule is Cc1cccc(NC(=O)COc2c(Cl)cc(C3C4=C(CC(C)(C)CC4=O)N(Cc4ccccc4)C4=C3C(=O)CC(C)(C)C4)cc2Cl)c1C. The zero-order chi connectivity index (χ0) is 34.5. The van der Waals surface area contributed by atoms with Crippen molar-refractivity contribution in [3.05, 3.63) is 116 Å². The van der Waals surface area contributed by atoms with Crippen LogP contribution in [-0.4, -0.2) is 29.0 Å². The molecule has 0 aromatic heterocycles. The summed E-state index contributed by atoms with van der Waals surface area (Å²) in [6.07, 6.45) is 2.14. The van der Waals surface area contributed by atoms with Crippen LogP contribution in [0.3, 0.4) is 0 Å². The molecule has 6 rings (SSSR count). The molecular weight excluding hydrogens is 643 g/mol. The van der Waals surface area contributed by atoms with Gasteiger partial charge in [0, 0.05) is 53.5 Å². The Balaban J connectivity index is 1.40. The van der Waals surface area contributed by atoms with E-state index in [9.17, 15) is 14.4 Å². The molecule has 3 aliphatic rings. The first-order valence-corrected chi connectivity index (χ1v) is 17.2.